The predicted octanol–water partition coefficient (Wildman–Crippen LogP) is 5.18. The number of hydrogen-bond acceptors (Lipinski definition) is 7. The molecule has 0 amide bonds. The van der Waals surface area contributed by atoms with E-state index in [1.807, 2.05) is 25.1 Å². The van der Waals surface area contributed by atoms with E-state index in [4.69, 9.17) is 9.47 Å². The molecule has 0 radical (unpaired) electrons. The van der Waals surface area contributed by atoms with E-state index in [0.717, 1.165) is 34.4 Å². The Labute approximate surface area is 189 Å². The van der Waals surface area contributed by atoms with Gasteiger partial charge in [0.05, 0.1) is 18.8 Å². The number of carbonyl (C=O) groups is 1. The number of unbranched alkanes of at least 4 members (excludes halogenated alkanes) is 1. The fourth-order valence-corrected chi connectivity index (χ4v) is 4.21. The van der Waals surface area contributed by atoms with Gasteiger partial charge in [-0.1, -0.05) is 48.0 Å². The predicted molar refractivity (Wildman–Crippen MR) is 122 cm³/mol. The first kappa shape index (κ1) is 22.7. The third-order valence-corrected chi connectivity index (χ3v) is 5.84. The van der Waals surface area contributed by atoms with Crippen LogP contribution in [-0.2, 0) is 9.53 Å². The normalized spacial score (nSPS) is 15.6. The molecule has 0 fully saturated rings. The minimum Gasteiger partial charge on any atom is -0.493 e. The van der Waals surface area contributed by atoms with Gasteiger partial charge in [0.15, 0.2) is 0 Å². The number of rotatable bonds is 9. The summed E-state index contributed by atoms with van der Waals surface area (Å²) < 4.78 is 14.1. The van der Waals surface area contributed by atoms with Gasteiger partial charge >= 0.3 is 5.97 Å². The van der Waals surface area contributed by atoms with Crippen molar-refractivity contribution in [2.45, 2.75) is 51.7 Å². The number of esters is 1. The maximum Gasteiger partial charge on any atom is 0.338 e. The van der Waals surface area contributed by atoms with Gasteiger partial charge in [0, 0.05) is 15.7 Å². The molecule has 1 atom stereocenters. The molecule has 162 valence electrons. The maximum absolute atomic E-state index is 13.0. The SMILES string of the molecule is CCCCOc1ccc(Br)cc1C1C(C(=O)OCC)=C(C)Nc2nc(SCC)nn21. The van der Waals surface area contributed by atoms with Gasteiger partial charge in [0.2, 0.25) is 11.1 Å². The zero-order valence-electron chi connectivity index (χ0n) is 17.7. The third kappa shape index (κ3) is 4.83. The van der Waals surface area contributed by atoms with E-state index in [1.54, 1.807) is 23.4 Å². The van der Waals surface area contributed by atoms with Gasteiger partial charge in [-0.3, -0.25) is 0 Å². The Morgan fingerprint density at radius 3 is 2.83 bits per heavy atom. The van der Waals surface area contributed by atoms with Crippen molar-refractivity contribution < 1.29 is 14.3 Å². The van der Waals surface area contributed by atoms with Gasteiger partial charge in [-0.2, -0.15) is 4.98 Å². The number of anilines is 1. The fourth-order valence-electron chi connectivity index (χ4n) is 3.27. The molecule has 0 saturated carbocycles. The quantitative estimate of drug-likeness (QED) is 0.292. The van der Waals surface area contributed by atoms with Crippen molar-refractivity contribution >= 4 is 39.6 Å². The van der Waals surface area contributed by atoms with Crippen LogP contribution in [0.15, 0.2) is 39.1 Å². The molecule has 1 aromatic carbocycles. The minimum absolute atomic E-state index is 0.293. The summed E-state index contributed by atoms with van der Waals surface area (Å²) in [4.78, 5) is 17.6. The van der Waals surface area contributed by atoms with Crippen LogP contribution in [0.4, 0.5) is 5.95 Å². The Kier molecular flexibility index (Phi) is 7.82. The van der Waals surface area contributed by atoms with E-state index in [2.05, 4.69) is 45.2 Å². The number of carbonyl (C=O) groups excluding carboxylic acids is 1. The summed E-state index contributed by atoms with van der Waals surface area (Å²) in [5.74, 6) is 1.80. The molecule has 30 heavy (non-hydrogen) atoms. The lowest BCUT2D eigenvalue weighted by Gasteiger charge is -2.29. The monoisotopic (exact) mass is 494 g/mol. The van der Waals surface area contributed by atoms with Crippen LogP contribution in [0.2, 0.25) is 0 Å². The smallest absolute Gasteiger partial charge is 0.338 e. The van der Waals surface area contributed by atoms with Crippen molar-refractivity contribution in [3.8, 4) is 5.75 Å². The van der Waals surface area contributed by atoms with Crippen LogP contribution in [0.25, 0.3) is 0 Å². The summed E-state index contributed by atoms with van der Waals surface area (Å²) in [6, 6.07) is 5.33. The van der Waals surface area contributed by atoms with Crippen molar-refractivity contribution in [2.75, 3.05) is 24.3 Å². The van der Waals surface area contributed by atoms with E-state index in [0.29, 0.717) is 35.6 Å². The number of allylic oxidation sites excluding steroid dienone is 1. The lowest BCUT2D eigenvalue weighted by molar-refractivity contribution is -0.139. The summed E-state index contributed by atoms with van der Waals surface area (Å²) in [6.07, 6.45) is 1.99. The number of thioether (sulfide) groups is 1. The number of ether oxygens (including phenoxy) is 2. The molecule has 9 heteroatoms. The Balaban J connectivity index is 2.15. The second-order valence-electron chi connectivity index (χ2n) is 6.77. The highest BCUT2D eigenvalue weighted by Gasteiger charge is 2.37. The van der Waals surface area contributed by atoms with Crippen LogP contribution in [-0.4, -0.2) is 39.7 Å². The standard InChI is InChI=1S/C21H27BrN4O3S/c1-5-8-11-29-16-10-9-14(22)12-15(16)18-17(19(27)28-6-2)13(4)23-20-24-21(30-7-3)25-26(18)20/h9-10,12,18H,5-8,11H2,1-4H3,(H,23,24,25). The summed E-state index contributed by atoms with van der Waals surface area (Å²) >= 11 is 5.12. The maximum atomic E-state index is 13.0. The molecular weight excluding hydrogens is 468 g/mol. The van der Waals surface area contributed by atoms with Crippen LogP contribution in [0.1, 0.15) is 52.1 Å². The second-order valence-corrected chi connectivity index (χ2v) is 8.91. The molecule has 1 aromatic heterocycles. The number of nitrogens with zero attached hydrogens (tertiary/aromatic N) is 3. The average Bonchev–Trinajstić information content (AvgIpc) is 3.10. The second kappa shape index (κ2) is 10.3. The first-order chi connectivity index (χ1) is 14.5. The van der Waals surface area contributed by atoms with Crippen molar-refractivity contribution in [2.24, 2.45) is 0 Å². The largest absolute Gasteiger partial charge is 0.493 e. The van der Waals surface area contributed by atoms with Gasteiger partial charge in [-0.05, 0) is 44.2 Å². The molecule has 2 heterocycles. The highest BCUT2D eigenvalue weighted by Crippen LogP contribution is 2.41. The topological polar surface area (TPSA) is 78.3 Å². The van der Waals surface area contributed by atoms with Crippen LogP contribution < -0.4 is 10.1 Å². The molecule has 0 saturated heterocycles. The lowest BCUT2D eigenvalue weighted by atomic mass is 9.95. The van der Waals surface area contributed by atoms with Gasteiger partial charge in [0.25, 0.3) is 0 Å². The van der Waals surface area contributed by atoms with Crippen molar-refractivity contribution in [1.29, 1.82) is 0 Å². The van der Waals surface area contributed by atoms with E-state index in [-0.39, 0.29) is 5.97 Å². The number of aromatic nitrogens is 3. The highest BCUT2D eigenvalue weighted by molar-refractivity contribution is 9.10. The Bertz CT molecular complexity index is 944. The fraction of sp³-hybridized carbons (Fsp3) is 0.476. The van der Waals surface area contributed by atoms with E-state index in [1.165, 1.54) is 0 Å². The van der Waals surface area contributed by atoms with Crippen LogP contribution >= 0.6 is 27.7 Å². The Morgan fingerprint density at radius 1 is 1.33 bits per heavy atom. The molecule has 1 aliphatic heterocycles. The van der Waals surface area contributed by atoms with Gasteiger partial charge in [-0.25, -0.2) is 9.48 Å². The van der Waals surface area contributed by atoms with Crippen LogP contribution in [0.3, 0.4) is 0 Å². The Hall–Kier alpha value is -2.00. The molecule has 2 aromatic rings. The summed E-state index contributed by atoms with van der Waals surface area (Å²) in [6.45, 7) is 8.74. The van der Waals surface area contributed by atoms with Crippen molar-refractivity contribution in [3.05, 3.63) is 39.5 Å². The third-order valence-electron chi connectivity index (χ3n) is 4.62. The molecule has 3 rings (SSSR count). The van der Waals surface area contributed by atoms with Crippen LogP contribution in [0.5, 0.6) is 5.75 Å². The van der Waals surface area contributed by atoms with Crippen molar-refractivity contribution in [1.82, 2.24) is 14.8 Å². The average molecular weight is 495 g/mol. The molecule has 1 N–H and O–H groups in total. The number of hydrogen-bond donors (Lipinski definition) is 1. The number of nitrogens with one attached hydrogen (secondary N) is 1. The molecule has 1 unspecified atom stereocenters. The number of halogens is 1. The number of benzene rings is 1. The summed E-state index contributed by atoms with van der Waals surface area (Å²) in [5, 5.41) is 8.56. The van der Waals surface area contributed by atoms with Crippen LogP contribution in [0, 0.1) is 0 Å². The van der Waals surface area contributed by atoms with Gasteiger partial charge in [0.1, 0.15) is 11.8 Å². The molecule has 0 spiro atoms. The molecule has 1 aliphatic rings. The lowest BCUT2D eigenvalue weighted by Crippen LogP contribution is -2.30. The molecule has 0 aliphatic carbocycles. The Morgan fingerprint density at radius 2 is 2.13 bits per heavy atom. The summed E-state index contributed by atoms with van der Waals surface area (Å²) in [5.41, 5.74) is 2.04. The highest BCUT2D eigenvalue weighted by atomic mass is 79.9. The minimum atomic E-state index is -0.506. The molecule has 7 nitrogen and oxygen atoms in total. The first-order valence-corrected chi connectivity index (χ1v) is 11.9. The first-order valence-electron chi connectivity index (χ1n) is 10.2. The van der Waals surface area contributed by atoms with Gasteiger partial charge < -0.3 is 14.8 Å². The van der Waals surface area contributed by atoms with E-state index >= 15 is 0 Å². The zero-order valence-corrected chi connectivity index (χ0v) is 20.1. The van der Waals surface area contributed by atoms with Gasteiger partial charge in [-0.15, -0.1) is 5.10 Å². The van der Waals surface area contributed by atoms with Crippen molar-refractivity contribution in [3.63, 3.8) is 0 Å². The molecular formula is C21H27BrN4O3S. The summed E-state index contributed by atoms with van der Waals surface area (Å²) in [7, 11) is 0. The zero-order chi connectivity index (χ0) is 21.7. The van der Waals surface area contributed by atoms with E-state index in [9.17, 15) is 4.79 Å². The molecule has 0 bridgehead atoms. The van der Waals surface area contributed by atoms with E-state index < -0.39 is 6.04 Å². The number of fused-ring (bicyclic) bond motifs is 1.